The van der Waals surface area contributed by atoms with Crippen LogP contribution in [0.5, 0.6) is 0 Å². The molecule has 0 radical (unpaired) electrons. The molecule has 1 aromatic heterocycles. The molecular formula is C24H20F2N4O2S. The molecule has 0 unspecified atom stereocenters. The van der Waals surface area contributed by atoms with Gasteiger partial charge in [-0.15, -0.1) is 0 Å². The zero-order valence-corrected chi connectivity index (χ0v) is 18.3. The van der Waals surface area contributed by atoms with Crippen LogP contribution in [0.4, 0.5) is 20.3 Å². The molecule has 33 heavy (non-hydrogen) atoms. The number of amides is 1. The van der Waals surface area contributed by atoms with E-state index in [2.05, 4.69) is 10.2 Å². The number of thioether (sulfide) groups is 1. The maximum Gasteiger partial charge on any atom is 0.288 e. The highest BCUT2D eigenvalue weighted by molar-refractivity contribution is 7.99. The number of alkyl halides is 2. The molecule has 1 aliphatic rings. The molecule has 2 heterocycles. The maximum absolute atomic E-state index is 12.8. The van der Waals surface area contributed by atoms with E-state index in [1.54, 1.807) is 0 Å². The Kier molecular flexibility index (Phi) is 7.17. The van der Waals surface area contributed by atoms with Crippen molar-refractivity contribution in [3.8, 4) is 6.07 Å². The van der Waals surface area contributed by atoms with Gasteiger partial charge in [-0.25, -0.2) is 4.98 Å². The van der Waals surface area contributed by atoms with E-state index in [0.717, 1.165) is 10.9 Å². The van der Waals surface area contributed by atoms with Gasteiger partial charge in [0.15, 0.2) is 0 Å². The van der Waals surface area contributed by atoms with Crippen LogP contribution in [0, 0.1) is 11.3 Å². The lowest BCUT2D eigenvalue weighted by atomic mass is 10.1. The second kappa shape index (κ2) is 10.4. The number of benzene rings is 2. The number of carbonyl (C=O) groups excluding carboxylic acids is 1. The number of ether oxygens (including phenoxy) is 1. The number of morpholine rings is 1. The second-order valence-corrected chi connectivity index (χ2v) is 8.28. The highest BCUT2D eigenvalue weighted by Crippen LogP contribution is 2.28. The highest BCUT2D eigenvalue weighted by Gasteiger charge is 2.18. The number of para-hydroxylation sites is 1. The quantitative estimate of drug-likeness (QED) is 0.315. The molecule has 1 amide bonds. The number of aromatic nitrogens is 1. The van der Waals surface area contributed by atoms with Crippen LogP contribution in [0.2, 0.25) is 0 Å². The fourth-order valence-corrected chi connectivity index (χ4v) is 3.98. The van der Waals surface area contributed by atoms with E-state index in [1.165, 1.54) is 30.3 Å². The first-order valence-electron chi connectivity index (χ1n) is 10.2. The van der Waals surface area contributed by atoms with E-state index < -0.39 is 11.7 Å². The normalized spacial score (nSPS) is 14.4. The van der Waals surface area contributed by atoms with Crippen molar-refractivity contribution in [3.05, 3.63) is 65.7 Å². The summed E-state index contributed by atoms with van der Waals surface area (Å²) in [5.74, 6) is -2.42. The first-order valence-corrected chi connectivity index (χ1v) is 11.1. The van der Waals surface area contributed by atoms with Gasteiger partial charge in [-0.1, -0.05) is 30.0 Å². The van der Waals surface area contributed by atoms with E-state index in [0.29, 0.717) is 60.0 Å². The summed E-state index contributed by atoms with van der Waals surface area (Å²) in [6, 6.07) is 17.6. The van der Waals surface area contributed by atoms with Gasteiger partial charge in [0.05, 0.1) is 18.7 Å². The molecule has 0 saturated carbocycles. The number of nitrogens with zero attached hydrogens (tertiary/aromatic N) is 3. The zero-order chi connectivity index (χ0) is 23.2. The van der Waals surface area contributed by atoms with Crippen molar-refractivity contribution in [2.75, 3.05) is 36.5 Å². The van der Waals surface area contributed by atoms with Gasteiger partial charge in [-0.3, -0.25) is 4.79 Å². The fraction of sp³-hybridized carbons (Fsp3) is 0.208. The van der Waals surface area contributed by atoms with Crippen LogP contribution >= 0.6 is 11.8 Å². The molecule has 0 atom stereocenters. The Morgan fingerprint density at radius 1 is 1.18 bits per heavy atom. The SMILES string of the molecule is N#C/C(=C\c1cc2ccccc2nc1N1CCOCC1)C(=O)Nc1ccc(SC(F)F)cc1. The van der Waals surface area contributed by atoms with E-state index in [4.69, 9.17) is 9.72 Å². The number of carbonyl (C=O) groups is 1. The molecule has 1 aliphatic heterocycles. The van der Waals surface area contributed by atoms with Crippen molar-refractivity contribution in [1.82, 2.24) is 4.98 Å². The summed E-state index contributed by atoms with van der Waals surface area (Å²) in [5.41, 5.74) is 1.80. The average Bonchev–Trinajstić information content (AvgIpc) is 2.83. The molecule has 6 nitrogen and oxygen atoms in total. The first-order chi connectivity index (χ1) is 16.0. The predicted octanol–water partition coefficient (Wildman–Crippen LogP) is 4.93. The largest absolute Gasteiger partial charge is 0.378 e. The summed E-state index contributed by atoms with van der Waals surface area (Å²) in [6.07, 6.45) is 1.53. The van der Waals surface area contributed by atoms with E-state index in [-0.39, 0.29) is 5.57 Å². The molecule has 9 heteroatoms. The Bertz CT molecular complexity index is 1220. The van der Waals surface area contributed by atoms with Crippen molar-refractivity contribution in [2.24, 2.45) is 0 Å². The van der Waals surface area contributed by atoms with Gasteiger partial charge in [-0.2, -0.15) is 14.0 Å². The van der Waals surface area contributed by atoms with Crippen molar-refractivity contribution < 1.29 is 18.3 Å². The Labute approximate surface area is 193 Å². The van der Waals surface area contributed by atoms with Gasteiger partial charge in [0.2, 0.25) is 0 Å². The predicted molar refractivity (Wildman–Crippen MR) is 125 cm³/mol. The Morgan fingerprint density at radius 2 is 1.91 bits per heavy atom. The smallest absolute Gasteiger partial charge is 0.288 e. The van der Waals surface area contributed by atoms with E-state index >= 15 is 0 Å². The number of fused-ring (bicyclic) bond motifs is 1. The molecule has 0 bridgehead atoms. The molecule has 3 aromatic rings. The number of rotatable bonds is 6. The summed E-state index contributed by atoms with van der Waals surface area (Å²) in [7, 11) is 0. The maximum atomic E-state index is 12.8. The summed E-state index contributed by atoms with van der Waals surface area (Å²) in [6.45, 7) is 2.46. The average molecular weight is 467 g/mol. The highest BCUT2D eigenvalue weighted by atomic mass is 32.2. The monoisotopic (exact) mass is 466 g/mol. The summed E-state index contributed by atoms with van der Waals surface area (Å²) >= 11 is 0.424. The molecule has 1 saturated heterocycles. The number of hydrogen-bond acceptors (Lipinski definition) is 6. The molecular weight excluding hydrogens is 446 g/mol. The van der Waals surface area contributed by atoms with Crippen LogP contribution in [0.25, 0.3) is 17.0 Å². The van der Waals surface area contributed by atoms with Crippen LogP contribution in [0.1, 0.15) is 5.56 Å². The second-order valence-electron chi connectivity index (χ2n) is 7.22. The Hall–Kier alpha value is -3.48. The molecule has 1 N–H and O–H groups in total. The lowest BCUT2D eigenvalue weighted by Gasteiger charge is -2.29. The molecule has 0 spiro atoms. The van der Waals surface area contributed by atoms with Crippen molar-refractivity contribution in [1.29, 1.82) is 5.26 Å². The van der Waals surface area contributed by atoms with Crippen molar-refractivity contribution in [3.63, 3.8) is 0 Å². The number of hydrogen-bond donors (Lipinski definition) is 1. The van der Waals surface area contributed by atoms with Gasteiger partial charge in [0.25, 0.3) is 11.7 Å². The number of halogens is 2. The Morgan fingerprint density at radius 3 is 2.61 bits per heavy atom. The minimum atomic E-state index is -2.52. The zero-order valence-electron chi connectivity index (χ0n) is 17.5. The Balaban J connectivity index is 1.63. The number of pyridine rings is 1. The molecule has 2 aromatic carbocycles. The first kappa shape index (κ1) is 22.7. The standard InChI is InChI=1S/C24H20F2N4O2S/c25-24(26)33-20-7-5-19(6-8-20)28-23(31)18(15-27)14-17-13-16-3-1-2-4-21(16)29-22(17)30-9-11-32-12-10-30/h1-8,13-14,24H,9-12H2,(H,28,31)/b18-14+. The number of nitriles is 1. The number of anilines is 2. The van der Waals surface area contributed by atoms with Crippen molar-refractivity contribution >= 4 is 46.2 Å². The van der Waals surface area contributed by atoms with Gasteiger partial charge < -0.3 is 15.0 Å². The number of nitrogens with one attached hydrogen (secondary N) is 1. The third kappa shape index (κ3) is 5.66. The minimum Gasteiger partial charge on any atom is -0.378 e. The third-order valence-electron chi connectivity index (χ3n) is 5.05. The lowest BCUT2D eigenvalue weighted by Crippen LogP contribution is -2.37. The minimum absolute atomic E-state index is 0.0902. The topological polar surface area (TPSA) is 78.2 Å². The van der Waals surface area contributed by atoms with Crippen LogP contribution in [0.15, 0.2) is 65.1 Å². The van der Waals surface area contributed by atoms with Crippen LogP contribution in [-0.2, 0) is 9.53 Å². The van der Waals surface area contributed by atoms with Gasteiger partial charge in [0.1, 0.15) is 17.5 Å². The summed E-state index contributed by atoms with van der Waals surface area (Å²) < 4.78 is 30.4. The van der Waals surface area contributed by atoms with Crippen LogP contribution in [-0.4, -0.2) is 43.0 Å². The molecule has 1 fully saturated rings. The lowest BCUT2D eigenvalue weighted by molar-refractivity contribution is -0.112. The molecule has 168 valence electrons. The molecule has 4 rings (SSSR count). The van der Waals surface area contributed by atoms with Crippen LogP contribution < -0.4 is 10.2 Å². The van der Waals surface area contributed by atoms with E-state index in [9.17, 15) is 18.8 Å². The summed E-state index contributed by atoms with van der Waals surface area (Å²) in [4.78, 5) is 20.0. The van der Waals surface area contributed by atoms with Gasteiger partial charge >= 0.3 is 0 Å². The van der Waals surface area contributed by atoms with E-state index in [1.807, 2.05) is 36.4 Å². The van der Waals surface area contributed by atoms with Crippen molar-refractivity contribution in [2.45, 2.75) is 10.7 Å². The van der Waals surface area contributed by atoms with Crippen LogP contribution in [0.3, 0.4) is 0 Å². The third-order valence-corrected chi connectivity index (χ3v) is 5.77. The fourth-order valence-electron chi connectivity index (χ4n) is 3.48. The van der Waals surface area contributed by atoms with Gasteiger partial charge in [-0.05, 0) is 42.5 Å². The van der Waals surface area contributed by atoms with Gasteiger partial charge in [0, 0.05) is 34.6 Å². The summed E-state index contributed by atoms with van der Waals surface area (Å²) in [5, 5.41) is 13.2. The molecule has 0 aliphatic carbocycles.